The normalized spacial score (nSPS) is 21.2. The Morgan fingerprint density at radius 3 is 2.55 bits per heavy atom. The molecule has 0 bridgehead atoms. The van der Waals surface area contributed by atoms with Crippen molar-refractivity contribution in [2.45, 2.75) is 13.0 Å². The molecule has 2 aliphatic rings. The number of imide groups is 2. The van der Waals surface area contributed by atoms with Crippen LogP contribution in [0.3, 0.4) is 0 Å². The fraction of sp³-hybridized carbons (Fsp3) is 0.250. The highest BCUT2D eigenvalue weighted by Gasteiger charge is 2.56. The molecular weight excluding hydrogens is 376 g/mol. The van der Waals surface area contributed by atoms with Gasteiger partial charge in [-0.2, -0.15) is 0 Å². The van der Waals surface area contributed by atoms with Crippen LogP contribution in [0.1, 0.15) is 11.1 Å². The fourth-order valence-electron chi connectivity index (χ4n) is 4.01. The summed E-state index contributed by atoms with van der Waals surface area (Å²) in [6, 6.07) is 12.6. The standard InChI is InChI=1S/C20H18N4O5/c1-22-12-20(10-14-9-15(24(28)29)7-8-16(14)22)17(25)21-19(27)23(18(20)26)11-13-5-3-2-4-6-13/h2-9H,10-12H2,1H3,(H,21,25,27)/t20-/m0/s1. The smallest absolute Gasteiger partial charge is 0.331 e. The highest BCUT2D eigenvalue weighted by atomic mass is 16.6. The van der Waals surface area contributed by atoms with Crippen molar-refractivity contribution < 1.29 is 19.3 Å². The van der Waals surface area contributed by atoms with Gasteiger partial charge in [-0.3, -0.25) is 29.9 Å². The largest absolute Gasteiger partial charge is 0.373 e. The molecule has 9 nitrogen and oxygen atoms in total. The van der Waals surface area contributed by atoms with Crippen LogP contribution in [0.25, 0.3) is 0 Å². The van der Waals surface area contributed by atoms with Crippen LogP contribution in [-0.2, 0) is 22.6 Å². The van der Waals surface area contributed by atoms with Crippen LogP contribution in [0.4, 0.5) is 16.2 Å². The van der Waals surface area contributed by atoms with Crippen molar-refractivity contribution in [2.24, 2.45) is 5.41 Å². The van der Waals surface area contributed by atoms with Gasteiger partial charge in [0.1, 0.15) is 5.41 Å². The zero-order valence-electron chi connectivity index (χ0n) is 15.6. The monoisotopic (exact) mass is 394 g/mol. The summed E-state index contributed by atoms with van der Waals surface area (Å²) in [5.74, 6) is -1.28. The van der Waals surface area contributed by atoms with Crippen molar-refractivity contribution in [1.29, 1.82) is 0 Å². The average molecular weight is 394 g/mol. The summed E-state index contributed by atoms with van der Waals surface area (Å²) in [5.41, 5.74) is 0.342. The number of nitrogens with zero attached hydrogens (tertiary/aromatic N) is 3. The van der Waals surface area contributed by atoms with Gasteiger partial charge >= 0.3 is 6.03 Å². The van der Waals surface area contributed by atoms with Gasteiger partial charge in [-0.25, -0.2) is 4.79 Å². The number of fused-ring (bicyclic) bond motifs is 1. The van der Waals surface area contributed by atoms with E-state index in [1.165, 1.54) is 12.1 Å². The number of nitro benzene ring substituents is 1. The summed E-state index contributed by atoms with van der Waals surface area (Å²) in [6.07, 6.45) is -0.0163. The van der Waals surface area contributed by atoms with Crippen LogP contribution < -0.4 is 10.2 Å². The number of urea groups is 1. The zero-order valence-corrected chi connectivity index (χ0v) is 15.6. The molecule has 1 fully saturated rings. The fourth-order valence-corrected chi connectivity index (χ4v) is 4.01. The van der Waals surface area contributed by atoms with E-state index in [-0.39, 0.29) is 25.2 Å². The van der Waals surface area contributed by atoms with Crippen molar-refractivity contribution in [3.8, 4) is 0 Å². The van der Waals surface area contributed by atoms with Gasteiger partial charge in [-0.05, 0) is 23.6 Å². The van der Waals surface area contributed by atoms with E-state index < -0.39 is 28.2 Å². The van der Waals surface area contributed by atoms with E-state index in [1.54, 1.807) is 42.3 Å². The molecule has 1 atom stereocenters. The number of anilines is 1. The minimum atomic E-state index is -1.53. The topological polar surface area (TPSA) is 113 Å². The lowest BCUT2D eigenvalue weighted by atomic mass is 9.74. The van der Waals surface area contributed by atoms with Crippen LogP contribution >= 0.6 is 0 Å². The second-order valence-electron chi connectivity index (χ2n) is 7.32. The molecule has 29 heavy (non-hydrogen) atoms. The molecular formula is C20H18N4O5. The number of barbiturate groups is 1. The Hall–Kier alpha value is -3.75. The maximum absolute atomic E-state index is 13.4. The van der Waals surface area contributed by atoms with Crippen LogP contribution in [0.5, 0.6) is 0 Å². The summed E-state index contributed by atoms with van der Waals surface area (Å²) in [4.78, 5) is 52.0. The van der Waals surface area contributed by atoms with E-state index in [1.807, 2.05) is 6.07 Å². The second-order valence-corrected chi connectivity index (χ2v) is 7.32. The van der Waals surface area contributed by atoms with E-state index in [9.17, 15) is 24.5 Å². The number of nitro groups is 1. The highest BCUT2D eigenvalue weighted by molar-refractivity contribution is 6.20. The summed E-state index contributed by atoms with van der Waals surface area (Å²) in [7, 11) is 1.71. The van der Waals surface area contributed by atoms with Gasteiger partial charge in [0, 0.05) is 31.4 Å². The molecule has 4 amide bonds. The van der Waals surface area contributed by atoms with Crippen LogP contribution in [0, 0.1) is 15.5 Å². The molecule has 4 rings (SSSR count). The van der Waals surface area contributed by atoms with Crippen LogP contribution in [-0.4, -0.2) is 41.3 Å². The van der Waals surface area contributed by atoms with E-state index >= 15 is 0 Å². The molecule has 1 N–H and O–H groups in total. The van der Waals surface area contributed by atoms with Gasteiger partial charge in [-0.15, -0.1) is 0 Å². The molecule has 148 valence electrons. The lowest BCUT2D eigenvalue weighted by Crippen LogP contribution is -2.68. The molecule has 0 aliphatic carbocycles. The van der Waals surface area contributed by atoms with E-state index in [2.05, 4.69) is 5.32 Å². The third-order valence-corrected chi connectivity index (χ3v) is 5.42. The van der Waals surface area contributed by atoms with Gasteiger partial charge in [0.15, 0.2) is 0 Å². The first-order valence-electron chi connectivity index (χ1n) is 9.01. The first-order valence-corrected chi connectivity index (χ1v) is 9.01. The first kappa shape index (κ1) is 18.6. The number of hydrogen-bond donors (Lipinski definition) is 1. The quantitative estimate of drug-likeness (QED) is 0.483. The summed E-state index contributed by atoms with van der Waals surface area (Å²) < 4.78 is 0. The zero-order chi connectivity index (χ0) is 20.8. The molecule has 1 saturated heterocycles. The summed E-state index contributed by atoms with van der Waals surface area (Å²) in [5, 5.41) is 13.5. The molecule has 1 spiro atoms. The van der Waals surface area contributed by atoms with E-state index in [0.29, 0.717) is 11.3 Å². The number of amides is 4. The molecule has 2 heterocycles. The maximum atomic E-state index is 13.4. The third-order valence-electron chi connectivity index (χ3n) is 5.42. The van der Waals surface area contributed by atoms with Gasteiger partial charge in [-0.1, -0.05) is 30.3 Å². The number of non-ortho nitro benzene ring substituents is 1. The Kier molecular flexibility index (Phi) is 4.30. The van der Waals surface area contributed by atoms with Crippen molar-refractivity contribution in [2.75, 3.05) is 18.5 Å². The van der Waals surface area contributed by atoms with E-state index in [4.69, 9.17) is 0 Å². The Labute approximate surface area is 166 Å². The molecule has 0 aromatic heterocycles. The second kappa shape index (κ2) is 6.69. The molecule has 0 radical (unpaired) electrons. The van der Waals surface area contributed by atoms with Gasteiger partial charge < -0.3 is 4.90 Å². The van der Waals surface area contributed by atoms with E-state index in [0.717, 1.165) is 10.5 Å². The molecule has 2 aromatic rings. The lowest BCUT2D eigenvalue weighted by Gasteiger charge is -2.45. The number of hydrogen-bond acceptors (Lipinski definition) is 6. The van der Waals surface area contributed by atoms with Crippen molar-refractivity contribution >= 4 is 29.2 Å². The van der Waals surface area contributed by atoms with Crippen molar-refractivity contribution in [1.82, 2.24) is 10.2 Å². The van der Waals surface area contributed by atoms with Gasteiger partial charge in [0.25, 0.3) is 5.69 Å². The molecule has 2 aromatic carbocycles. The summed E-state index contributed by atoms with van der Waals surface area (Å²) >= 11 is 0. The lowest BCUT2D eigenvalue weighted by molar-refractivity contribution is -0.384. The number of benzene rings is 2. The number of rotatable bonds is 3. The average Bonchev–Trinajstić information content (AvgIpc) is 2.70. The SMILES string of the molecule is CN1C[C@@]2(Cc3cc([N+](=O)[O-])ccc31)C(=O)NC(=O)N(Cc1ccccc1)C2=O. The molecule has 0 unspecified atom stereocenters. The number of carbonyl (C=O) groups is 3. The minimum absolute atomic E-state index is 0.0163. The molecule has 0 saturated carbocycles. The van der Waals surface area contributed by atoms with Crippen molar-refractivity contribution in [3.63, 3.8) is 0 Å². The Balaban J connectivity index is 1.73. The predicted molar refractivity (Wildman–Crippen MR) is 103 cm³/mol. The van der Waals surface area contributed by atoms with Crippen LogP contribution in [0.2, 0.25) is 0 Å². The third kappa shape index (κ3) is 3.00. The Morgan fingerprint density at radius 2 is 1.86 bits per heavy atom. The predicted octanol–water partition coefficient (Wildman–Crippen LogP) is 1.85. The number of nitrogens with one attached hydrogen (secondary N) is 1. The number of carbonyl (C=O) groups excluding carboxylic acids is 3. The maximum Gasteiger partial charge on any atom is 0.331 e. The Morgan fingerprint density at radius 1 is 1.14 bits per heavy atom. The Bertz CT molecular complexity index is 1040. The van der Waals surface area contributed by atoms with Gasteiger partial charge in [0.05, 0.1) is 11.5 Å². The van der Waals surface area contributed by atoms with Crippen molar-refractivity contribution in [3.05, 3.63) is 69.8 Å². The van der Waals surface area contributed by atoms with Crippen LogP contribution in [0.15, 0.2) is 48.5 Å². The summed E-state index contributed by atoms with van der Waals surface area (Å²) in [6.45, 7) is 0.104. The molecule has 2 aliphatic heterocycles. The molecule has 9 heteroatoms. The minimum Gasteiger partial charge on any atom is -0.373 e. The highest BCUT2D eigenvalue weighted by Crippen LogP contribution is 2.40. The van der Waals surface area contributed by atoms with Gasteiger partial charge in [0.2, 0.25) is 11.8 Å². The first-order chi connectivity index (χ1) is 13.8.